The summed E-state index contributed by atoms with van der Waals surface area (Å²) >= 11 is 0. The van der Waals surface area contributed by atoms with Gasteiger partial charge < -0.3 is 10.6 Å². The molecular formula is C23H30N4O2. The van der Waals surface area contributed by atoms with Crippen LogP contribution in [0.2, 0.25) is 0 Å². The molecule has 1 saturated carbocycles. The minimum absolute atomic E-state index is 0.0170. The number of hydrogen-bond donors (Lipinski definition) is 2. The number of rotatable bonds is 9. The lowest BCUT2D eigenvalue weighted by molar-refractivity contribution is -0.125. The molecule has 0 unspecified atom stereocenters. The summed E-state index contributed by atoms with van der Waals surface area (Å²) in [6, 6.07) is 7.73. The number of pyridine rings is 2. The van der Waals surface area contributed by atoms with E-state index in [4.69, 9.17) is 0 Å². The van der Waals surface area contributed by atoms with E-state index in [0.29, 0.717) is 32.2 Å². The summed E-state index contributed by atoms with van der Waals surface area (Å²) in [4.78, 5) is 33.1. The van der Waals surface area contributed by atoms with Crippen LogP contribution in [-0.4, -0.2) is 33.9 Å². The Labute approximate surface area is 172 Å². The molecule has 3 rings (SSSR count). The van der Waals surface area contributed by atoms with Crippen molar-refractivity contribution in [3.8, 4) is 0 Å². The van der Waals surface area contributed by atoms with E-state index in [9.17, 15) is 9.59 Å². The number of nitrogens with one attached hydrogen (secondary N) is 2. The van der Waals surface area contributed by atoms with E-state index in [2.05, 4.69) is 20.6 Å². The Morgan fingerprint density at radius 1 is 0.862 bits per heavy atom. The highest BCUT2D eigenvalue weighted by atomic mass is 16.2. The van der Waals surface area contributed by atoms with Crippen LogP contribution in [0.1, 0.15) is 56.1 Å². The second-order valence-corrected chi connectivity index (χ2v) is 7.89. The summed E-state index contributed by atoms with van der Waals surface area (Å²) in [5.74, 6) is 0.0590. The fourth-order valence-corrected chi connectivity index (χ4v) is 3.90. The molecule has 2 amide bonds. The van der Waals surface area contributed by atoms with Crippen LogP contribution in [0, 0.1) is 0 Å². The van der Waals surface area contributed by atoms with Crippen LogP contribution in [0.3, 0.4) is 0 Å². The first-order valence-corrected chi connectivity index (χ1v) is 10.5. The predicted octanol–water partition coefficient (Wildman–Crippen LogP) is 2.98. The van der Waals surface area contributed by atoms with E-state index in [-0.39, 0.29) is 17.4 Å². The second kappa shape index (κ2) is 10.7. The summed E-state index contributed by atoms with van der Waals surface area (Å²) in [7, 11) is 0. The Morgan fingerprint density at radius 3 is 2.00 bits per heavy atom. The molecule has 0 atom stereocenters. The molecule has 2 aromatic rings. The Bertz CT molecular complexity index is 774. The maximum atomic E-state index is 12.6. The molecule has 0 aromatic carbocycles. The predicted molar refractivity (Wildman–Crippen MR) is 112 cm³/mol. The van der Waals surface area contributed by atoms with E-state index in [0.717, 1.165) is 36.8 Å². The van der Waals surface area contributed by atoms with Crippen LogP contribution in [0.5, 0.6) is 0 Å². The zero-order valence-corrected chi connectivity index (χ0v) is 16.9. The number of aromatic nitrogens is 2. The molecule has 2 aromatic heterocycles. The third-order valence-corrected chi connectivity index (χ3v) is 5.57. The van der Waals surface area contributed by atoms with Crippen LogP contribution in [-0.2, 0) is 22.4 Å². The highest BCUT2D eigenvalue weighted by Crippen LogP contribution is 2.28. The summed E-state index contributed by atoms with van der Waals surface area (Å²) in [5, 5.41) is 6.31. The standard InChI is InChI=1S/C23H30N4O2/c28-21(10-8-19-6-4-14-24-16-19)26-18-23(12-2-1-3-13-23)27-22(29)11-9-20-7-5-15-25-17-20/h4-7,14-17H,1-3,8-13,18H2,(H,26,28)(H,27,29). The lowest BCUT2D eigenvalue weighted by Crippen LogP contribution is -2.56. The molecular weight excluding hydrogens is 364 g/mol. The van der Waals surface area contributed by atoms with Crippen molar-refractivity contribution in [3.05, 3.63) is 60.2 Å². The molecule has 1 fully saturated rings. The van der Waals surface area contributed by atoms with Gasteiger partial charge in [0.2, 0.25) is 11.8 Å². The molecule has 6 nitrogen and oxygen atoms in total. The lowest BCUT2D eigenvalue weighted by Gasteiger charge is -2.38. The fraction of sp³-hybridized carbons (Fsp3) is 0.478. The highest BCUT2D eigenvalue weighted by molar-refractivity contribution is 5.78. The minimum Gasteiger partial charge on any atom is -0.354 e. The van der Waals surface area contributed by atoms with Gasteiger partial charge in [0.15, 0.2) is 0 Å². The van der Waals surface area contributed by atoms with Crippen LogP contribution < -0.4 is 10.6 Å². The van der Waals surface area contributed by atoms with Gasteiger partial charge in [-0.3, -0.25) is 19.6 Å². The number of carbonyl (C=O) groups excluding carboxylic acids is 2. The molecule has 0 bridgehead atoms. The number of amides is 2. The first kappa shape index (κ1) is 21.0. The zero-order valence-electron chi connectivity index (χ0n) is 16.9. The Balaban J connectivity index is 1.48. The van der Waals surface area contributed by atoms with Crippen molar-refractivity contribution in [2.45, 2.75) is 63.3 Å². The summed E-state index contributed by atoms with van der Waals surface area (Å²) < 4.78 is 0. The van der Waals surface area contributed by atoms with Crippen molar-refractivity contribution >= 4 is 11.8 Å². The molecule has 0 radical (unpaired) electrons. The van der Waals surface area contributed by atoms with Gasteiger partial charge in [0.1, 0.15) is 0 Å². The van der Waals surface area contributed by atoms with E-state index in [1.165, 1.54) is 6.42 Å². The Hall–Kier alpha value is -2.76. The van der Waals surface area contributed by atoms with Crippen molar-refractivity contribution in [1.29, 1.82) is 0 Å². The quantitative estimate of drug-likeness (QED) is 0.685. The minimum atomic E-state index is -0.325. The first-order valence-electron chi connectivity index (χ1n) is 10.5. The molecule has 2 heterocycles. The lowest BCUT2D eigenvalue weighted by atomic mass is 9.81. The van der Waals surface area contributed by atoms with Gasteiger partial charge in [0.25, 0.3) is 0 Å². The van der Waals surface area contributed by atoms with Gasteiger partial charge in [-0.15, -0.1) is 0 Å². The summed E-state index contributed by atoms with van der Waals surface area (Å²) in [5.41, 5.74) is 1.79. The first-order chi connectivity index (χ1) is 14.2. The Morgan fingerprint density at radius 2 is 1.45 bits per heavy atom. The van der Waals surface area contributed by atoms with E-state index in [1.807, 2.05) is 24.3 Å². The number of hydrogen-bond acceptors (Lipinski definition) is 4. The number of nitrogens with zero attached hydrogens (tertiary/aromatic N) is 2. The van der Waals surface area contributed by atoms with Crippen LogP contribution in [0.25, 0.3) is 0 Å². The van der Waals surface area contributed by atoms with Crippen molar-refractivity contribution in [2.24, 2.45) is 0 Å². The zero-order chi connectivity index (χ0) is 20.4. The molecule has 0 saturated heterocycles. The van der Waals surface area contributed by atoms with Crippen LogP contribution in [0.4, 0.5) is 0 Å². The summed E-state index contributed by atoms with van der Waals surface area (Å²) in [6.45, 7) is 0.498. The fourth-order valence-electron chi connectivity index (χ4n) is 3.90. The van der Waals surface area contributed by atoms with Gasteiger partial charge in [0, 0.05) is 44.2 Å². The largest absolute Gasteiger partial charge is 0.354 e. The van der Waals surface area contributed by atoms with Crippen molar-refractivity contribution < 1.29 is 9.59 Å². The normalized spacial score (nSPS) is 15.4. The molecule has 1 aliphatic carbocycles. The van der Waals surface area contributed by atoms with Gasteiger partial charge in [-0.1, -0.05) is 31.4 Å². The topological polar surface area (TPSA) is 84.0 Å². The van der Waals surface area contributed by atoms with Crippen molar-refractivity contribution in [1.82, 2.24) is 20.6 Å². The van der Waals surface area contributed by atoms with Crippen LogP contribution in [0.15, 0.2) is 49.1 Å². The monoisotopic (exact) mass is 394 g/mol. The number of carbonyl (C=O) groups is 2. The van der Waals surface area contributed by atoms with Gasteiger partial charge in [0.05, 0.1) is 5.54 Å². The second-order valence-electron chi connectivity index (χ2n) is 7.89. The van der Waals surface area contributed by atoms with E-state index in [1.54, 1.807) is 24.8 Å². The third kappa shape index (κ3) is 6.97. The highest BCUT2D eigenvalue weighted by Gasteiger charge is 2.33. The molecule has 6 heteroatoms. The molecule has 29 heavy (non-hydrogen) atoms. The Kier molecular flexibility index (Phi) is 7.73. The maximum Gasteiger partial charge on any atom is 0.220 e. The average molecular weight is 395 g/mol. The third-order valence-electron chi connectivity index (χ3n) is 5.57. The molecule has 154 valence electrons. The van der Waals surface area contributed by atoms with Crippen molar-refractivity contribution in [3.63, 3.8) is 0 Å². The van der Waals surface area contributed by atoms with Gasteiger partial charge >= 0.3 is 0 Å². The molecule has 0 spiro atoms. The van der Waals surface area contributed by atoms with E-state index >= 15 is 0 Å². The maximum absolute atomic E-state index is 12.6. The van der Waals surface area contributed by atoms with E-state index < -0.39 is 0 Å². The van der Waals surface area contributed by atoms with Gasteiger partial charge in [-0.25, -0.2) is 0 Å². The molecule has 0 aliphatic heterocycles. The number of aryl methyl sites for hydroxylation is 2. The van der Waals surface area contributed by atoms with Crippen molar-refractivity contribution in [2.75, 3.05) is 6.54 Å². The average Bonchev–Trinajstić information content (AvgIpc) is 2.77. The van der Waals surface area contributed by atoms with Gasteiger partial charge in [-0.2, -0.15) is 0 Å². The SMILES string of the molecule is O=C(CCc1cccnc1)NCC1(NC(=O)CCc2cccnc2)CCCCC1. The summed E-state index contributed by atoms with van der Waals surface area (Å²) in [6.07, 6.45) is 14.4. The van der Waals surface area contributed by atoms with Gasteiger partial charge in [-0.05, 0) is 48.9 Å². The smallest absolute Gasteiger partial charge is 0.220 e. The molecule has 2 N–H and O–H groups in total. The molecule has 1 aliphatic rings. The van der Waals surface area contributed by atoms with Crippen LogP contribution >= 0.6 is 0 Å².